The lowest BCUT2D eigenvalue weighted by Crippen LogP contribution is -2.15. The van der Waals surface area contributed by atoms with E-state index in [-0.39, 0.29) is 27.2 Å². The molecular weight excluding hydrogens is 498 g/mol. The fraction of sp³-hybridized carbons (Fsp3) is 0.231. The van der Waals surface area contributed by atoms with Gasteiger partial charge in [-0.15, -0.1) is 0 Å². The van der Waals surface area contributed by atoms with Crippen molar-refractivity contribution in [1.29, 1.82) is 0 Å². The van der Waals surface area contributed by atoms with Crippen molar-refractivity contribution in [3.63, 3.8) is 0 Å². The number of carbonyl (C=O) groups is 1. The molecule has 1 heterocycles. The van der Waals surface area contributed by atoms with E-state index in [1.165, 1.54) is 24.8 Å². The Morgan fingerprint density at radius 2 is 1.78 bits per heavy atom. The second kappa shape index (κ2) is 10.2. The minimum atomic E-state index is -3.88. The lowest BCUT2D eigenvalue weighted by atomic mass is 9.87. The van der Waals surface area contributed by atoms with Gasteiger partial charge in [0, 0.05) is 5.69 Å². The van der Waals surface area contributed by atoms with Crippen LogP contribution in [0.25, 0.3) is 11.1 Å². The summed E-state index contributed by atoms with van der Waals surface area (Å²) in [5.74, 6) is 0.301. The number of aromatic nitrogens is 1. The van der Waals surface area contributed by atoms with E-state index in [0.29, 0.717) is 28.2 Å². The van der Waals surface area contributed by atoms with Gasteiger partial charge in [0.15, 0.2) is 5.58 Å². The topological polar surface area (TPSA) is 111 Å². The van der Waals surface area contributed by atoms with Crippen LogP contribution in [-0.4, -0.2) is 32.2 Å². The Morgan fingerprint density at radius 1 is 1.06 bits per heavy atom. The maximum absolute atomic E-state index is 12.9. The molecule has 0 aliphatic carbocycles. The molecular formula is C26H27N3O5S2. The number of nitrogens with zero attached hydrogens (tertiary/aromatic N) is 1. The summed E-state index contributed by atoms with van der Waals surface area (Å²) in [6, 6.07) is 18.9. The number of para-hydroxylation sites is 2. The summed E-state index contributed by atoms with van der Waals surface area (Å²) in [4.78, 5) is 16.8. The average molecular weight is 526 g/mol. The van der Waals surface area contributed by atoms with Gasteiger partial charge >= 0.3 is 0 Å². The van der Waals surface area contributed by atoms with Gasteiger partial charge in [0.2, 0.25) is 5.91 Å². The zero-order valence-electron chi connectivity index (χ0n) is 20.4. The molecule has 0 saturated carbocycles. The number of amides is 1. The van der Waals surface area contributed by atoms with Crippen LogP contribution in [0.4, 0.5) is 11.4 Å². The van der Waals surface area contributed by atoms with Crippen molar-refractivity contribution in [2.75, 3.05) is 22.9 Å². The van der Waals surface area contributed by atoms with Crippen molar-refractivity contribution in [3.05, 3.63) is 72.3 Å². The lowest BCUT2D eigenvalue weighted by Gasteiger charge is -2.19. The average Bonchev–Trinajstić information content (AvgIpc) is 3.25. The number of sulfonamides is 1. The summed E-state index contributed by atoms with van der Waals surface area (Å²) in [6.45, 7) is 6.40. The van der Waals surface area contributed by atoms with Gasteiger partial charge in [-0.2, -0.15) is 0 Å². The molecule has 4 rings (SSSR count). The summed E-state index contributed by atoms with van der Waals surface area (Å²) in [7, 11) is -2.41. The number of rotatable bonds is 8. The van der Waals surface area contributed by atoms with E-state index in [0.717, 1.165) is 11.8 Å². The van der Waals surface area contributed by atoms with Crippen molar-refractivity contribution in [3.8, 4) is 5.75 Å². The molecule has 36 heavy (non-hydrogen) atoms. The van der Waals surface area contributed by atoms with Gasteiger partial charge in [0.25, 0.3) is 15.2 Å². The van der Waals surface area contributed by atoms with Crippen LogP contribution in [0.2, 0.25) is 0 Å². The number of carbonyl (C=O) groups excluding carboxylic acids is 1. The number of hydrogen-bond donors (Lipinski definition) is 2. The molecule has 0 bridgehead atoms. The van der Waals surface area contributed by atoms with Gasteiger partial charge in [-0.3, -0.25) is 9.52 Å². The fourth-order valence-electron chi connectivity index (χ4n) is 3.43. The van der Waals surface area contributed by atoms with E-state index in [1.54, 1.807) is 30.3 Å². The van der Waals surface area contributed by atoms with Crippen LogP contribution in [0.3, 0.4) is 0 Å². The first kappa shape index (κ1) is 25.6. The molecule has 10 heteroatoms. The van der Waals surface area contributed by atoms with Gasteiger partial charge < -0.3 is 14.5 Å². The summed E-state index contributed by atoms with van der Waals surface area (Å²) >= 11 is 1.13. The predicted octanol–water partition coefficient (Wildman–Crippen LogP) is 5.67. The highest BCUT2D eigenvalue weighted by Gasteiger charge is 2.19. The Kier molecular flexibility index (Phi) is 7.28. The van der Waals surface area contributed by atoms with Crippen LogP contribution in [0, 0.1) is 0 Å². The van der Waals surface area contributed by atoms with E-state index in [1.807, 2.05) is 24.3 Å². The number of thioether (sulfide) groups is 1. The minimum absolute atomic E-state index is 0.0298. The molecule has 0 aliphatic rings. The number of nitrogens with one attached hydrogen (secondary N) is 2. The van der Waals surface area contributed by atoms with Crippen molar-refractivity contribution in [2.24, 2.45) is 0 Å². The number of anilines is 2. The second-order valence-corrected chi connectivity index (χ2v) is 11.7. The Balaban J connectivity index is 1.41. The Morgan fingerprint density at radius 3 is 2.47 bits per heavy atom. The van der Waals surface area contributed by atoms with Gasteiger partial charge in [-0.1, -0.05) is 56.8 Å². The molecule has 0 saturated heterocycles. The largest absolute Gasteiger partial charge is 0.495 e. The van der Waals surface area contributed by atoms with Crippen molar-refractivity contribution >= 4 is 50.2 Å². The van der Waals surface area contributed by atoms with Gasteiger partial charge in [-0.25, -0.2) is 13.4 Å². The fourth-order valence-corrected chi connectivity index (χ4v) is 5.15. The van der Waals surface area contributed by atoms with Crippen LogP contribution in [-0.2, 0) is 20.2 Å². The maximum atomic E-state index is 12.9. The standard InChI is InChI=1S/C26H27N3O5S2/c1-26(2,3)17-9-11-18(12-10-17)27-24(30)16-35-25-28-21-15-19(13-14-23(21)34-25)36(31,32)29-20-7-5-6-8-22(20)33-4/h5-15,29H,16H2,1-4H3,(H,27,30). The van der Waals surface area contributed by atoms with E-state index in [2.05, 4.69) is 35.8 Å². The third kappa shape index (κ3) is 6.00. The maximum Gasteiger partial charge on any atom is 0.262 e. The van der Waals surface area contributed by atoms with Crippen LogP contribution in [0.1, 0.15) is 26.3 Å². The van der Waals surface area contributed by atoms with Crippen LogP contribution in [0.15, 0.2) is 81.3 Å². The molecule has 0 radical (unpaired) electrons. The van der Waals surface area contributed by atoms with Crippen molar-refractivity contribution < 1.29 is 22.4 Å². The number of hydrogen-bond acceptors (Lipinski definition) is 7. The third-order valence-corrected chi connectivity index (χ3v) is 7.55. The van der Waals surface area contributed by atoms with E-state index >= 15 is 0 Å². The monoisotopic (exact) mass is 525 g/mol. The lowest BCUT2D eigenvalue weighted by molar-refractivity contribution is -0.113. The van der Waals surface area contributed by atoms with Crippen LogP contribution >= 0.6 is 11.8 Å². The van der Waals surface area contributed by atoms with Gasteiger partial charge in [0.1, 0.15) is 11.3 Å². The van der Waals surface area contributed by atoms with Gasteiger partial charge in [0.05, 0.1) is 23.4 Å². The molecule has 0 aliphatic heterocycles. The Bertz CT molecular complexity index is 1490. The first-order valence-electron chi connectivity index (χ1n) is 11.1. The molecule has 1 aromatic heterocycles. The normalized spacial score (nSPS) is 11.9. The van der Waals surface area contributed by atoms with Crippen molar-refractivity contribution in [1.82, 2.24) is 4.98 Å². The molecule has 8 nitrogen and oxygen atoms in total. The van der Waals surface area contributed by atoms with E-state index < -0.39 is 10.0 Å². The molecule has 188 valence electrons. The minimum Gasteiger partial charge on any atom is -0.495 e. The molecule has 1 amide bonds. The zero-order valence-corrected chi connectivity index (χ0v) is 22.0. The Labute approximate surface area is 214 Å². The number of fused-ring (bicyclic) bond motifs is 1. The first-order chi connectivity index (χ1) is 17.0. The highest BCUT2D eigenvalue weighted by molar-refractivity contribution is 7.99. The number of benzene rings is 3. The molecule has 0 spiro atoms. The predicted molar refractivity (Wildman–Crippen MR) is 142 cm³/mol. The highest BCUT2D eigenvalue weighted by atomic mass is 32.2. The van der Waals surface area contributed by atoms with Gasteiger partial charge in [-0.05, 0) is 53.4 Å². The molecule has 0 unspecified atom stereocenters. The molecule has 4 aromatic rings. The highest BCUT2D eigenvalue weighted by Crippen LogP contribution is 2.29. The molecule has 0 atom stereocenters. The molecule has 3 aromatic carbocycles. The Hall–Kier alpha value is -3.50. The van der Waals surface area contributed by atoms with E-state index in [9.17, 15) is 13.2 Å². The van der Waals surface area contributed by atoms with Crippen LogP contribution < -0.4 is 14.8 Å². The van der Waals surface area contributed by atoms with Crippen molar-refractivity contribution in [2.45, 2.75) is 36.3 Å². The smallest absolute Gasteiger partial charge is 0.262 e. The SMILES string of the molecule is COc1ccccc1NS(=O)(=O)c1ccc2oc(SCC(=O)Nc3ccc(C(C)(C)C)cc3)nc2c1. The third-order valence-electron chi connectivity index (χ3n) is 5.36. The van der Waals surface area contributed by atoms with Crippen LogP contribution in [0.5, 0.6) is 5.75 Å². The quantitative estimate of drug-likeness (QED) is 0.285. The molecule has 0 fully saturated rings. The number of oxazole rings is 1. The number of methoxy groups -OCH3 is 1. The second-order valence-electron chi connectivity index (χ2n) is 9.08. The van der Waals surface area contributed by atoms with E-state index in [4.69, 9.17) is 9.15 Å². The summed E-state index contributed by atoms with van der Waals surface area (Å²) in [6.07, 6.45) is 0. The first-order valence-corrected chi connectivity index (χ1v) is 13.6. The zero-order chi connectivity index (χ0) is 25.9. The number of ether oxygens (including phenoxy) is 1. The summed E-state index contributed by atoms with van der Waals surface area (Å²) in [5.41, 5.74) is 3.06. The summed E-state index contributed by atoms with van der Waals surface area (Å²) < 4.78 is 39.2. The molecule has 2 N–H and O–H groups in total. The summed E-state index contributed by atoms with van der Waals surface area (Å²) in [5, 5.41) is 3.13.